The maximum atomic E-state index is 12.6. The highest BCUT2D eigenvalue weighted by Gasteiger charge is 1.99. The fraction of sp³-hybridized carbons (Fsp3) is 0.125. The van der Waals surface area contributed by atoms with E-state index < -0.39 is 0 Å². The Bertz CT molecular complexity index is 260. The maximum Gasteiger partial charge on any atom is 0.150 e. The molecule has 0 aliphatic carbocycles. The molecule has 0 amide bonds. The Morgan fingerprint density at radius 1 is 1.45 bits per heavy atom. The van der Waals surface area contributed by atoms with Gasteiger partial charge in [-0.2, -0.15) is 0 Å². The van der Waals surface area contributed by atoms with Crippen LogP contribution in [0.2, 0.25) is 0 Å². The predicted molar refractivity (Wildman–Crippen MR) is 43.8 cm³/mol. The summed E-state index contributed by atoms with van der Waals surface area (Å²) in [5, 5.41) is 0. The van der Waals surface area contributed by atoms with Gasteiger partial charge in [0.1, 0.15) is 12.1 Å². The van der Waals surface area contributed by atoms with Crippen LogP contribution < -0.4 is 0 Å². The number of benzene rings is 1. The SMILES string of the molecule is Cc1c(F)cccc1C=O.Cl. The molecule has 60 valence electrons. The first kappa shape index (κ1) is 10.1. The lowest BCUT2D eigenvalue weighted by Gasteiger charge is -1.96. The lowest BCUT2D eigenvalue weighted by atomic mass is 10.1. The number of carbonyl (C=O) groups is 1. The molecule has 3 heteroatoms. The monoisotopic (exact) mass is 174 g/mol. The summed E-state index contributed by atoms with van der Waals surface area (Å²) in [6.07, 6.45) is 0.651. The van der Waals surface area contributed by atoms with Gasteiger partial charge in [0.25, 0.3) is 0 Å². The van der Waals surface area contributed by atoms with Crippen molar-refractivity contribution < 1.29 is 9.18 Å². The smallest absolute Gasteiger partial charge is 0.150 e. The molecule has 0 radical (unpaired) electrons. The van der Waals surface area contributed by atoms with Gasteiger partial charge in [-0.3, -0.25) is 4.79 Å². The quantitative estimate of drug-likeness (QED) is 0.598. The van der Waals surface area contributed by atoms with Crippen LogP contribution in [0.1, 0.15) is 15.9 Å². The summed E-state index contributed by atoms with van der Waals surface area (Å²) in [5.74, 6) is -0.329. The van der Waals surface area contributed by atoms with E-state index in [1.165, 1.54) is 12.1 Å². The van der Waals surface area contributed by atoms with E-state index in [0.29, 0.717) is 17.4 Å². The predicted octanol–water partition coefficient (Wildman–Crippen LogP) is 2.37. The normalized spacial score (nSPS) is 8.55. The van der Waals surface area contributed by atoms with Crippen molar-refractivity contribution in [1.29, 1.82) is 0 Å². The molecule has 1 nitrogen and oxygen atoms in total. The Labute approximate surface area is 70.6 Å². The minimum atomic E-state index is -0.329. The van der Waals surface area contributed by atoms with Crippen LogP contribution in [0.3, 0.4) is 0 Å². The second-order valence-corrected chi connectivity index (χ2v) is 2.07. The van der Waals surface area contributed by atoms with Gasteiger partial charge in [0, 0.05) is 5.56 Å². The summed E-state index contributed by atoms with van der Waals surface area (Å²) in [6.45, 7) is 1.58. The molecule has 0 saturated heterocycles. The fourth-order valence-corrected chi connectivity index (χ4v) is 0.752. The van der Waals surface area contributed by atoms with Gasteiger partial charge in [-0.25, -0.2) is 4.39 Å². The van der Waals surface area contributed by atoms with Gasteiger partial charge in [-0.05, 0) is 18.6 Å². The van der Waals surface area contributed by atoms with Crippen LogP contribution in [-0.4, -0.2) is 6.29 Å². The average Bonchev–Trinajstić information content (AvgIpc) is 1.95. The third kappa shape index (κ3) is 2.02. The van der Waals surface area contributed by atoms with Crippen molar-refractivity contribution >= 4 is 18.7 Å². The summed E-state index contributed by atoms with van der Waals surface area (Å²) >= 11 is 0. The van der Waals surface area contributed by atoms with E-state index in [0.717, 1.165) is 0 Å². The van der Waals surface area contributed by atoms with Crippen molar-refractivity contribution in [2.75, 3.05) is 0 Å². The summed E-state index contributed by atoms with van der Waals surface area (Å²) in [6, 6.07) is 4.44. The van der Waals surface area contributed by atoms with E-state index in [4.69, 9.17) is 0 Å². The Balaban J connectivity index is 0.000001000. The minimum absolute atomic E-state index is 0. The van der Waals surface area contributed by atoms with Gasteiger partial charge in [-0.15, -0.1) is 12.4 Å². The first-order valence-electron chi connectivity index (χ1n) is 2.96. The molecule has 0 saturated carbocycles. The second-order valence-electron chi connectivity index (χ2n) is 2.07. The topological polar surface area (TPSA) is 17.1 Å². The summed E-state index contributed by atoms with van der Waals surface area (Å²) in [7, 11) is 0. The number of carbonyl (C=O) groups excluding carboxylic acids is 1. The van der Waals surface area contributed by atoms with E-state index in [-0.39, 0.29) is 18.2 Å². The fourth-order valence-electron chi connectivity index (χ4n) is 0.752. The van der Waals surface area contributed by atoms with Gasteiger partial charge in [0.2, 0.25) is 0 Å². The largest absolute Gasteiger partial charge is 0.298 e. The van der Waals surface area contributed by atoms with Gasteiger partial charge in [0.15, 0.2) is 0 Å². The number of hydrogen-bond acceptors (Lipinski definition) is 1. The Morgan fingerprint density at radius 3 is 2.55 bits per heavy atom. The van der Waals surface area contributed by atoms with E-state index in [2.05, 4.69) is 0 Å². The minimum Gasteiger partial charge on any atom is -0.298 e. The molecule has 0 aliphatic rings. The van der Waals surface area contributed by atoms with E-state index >= 15 is 0 Å². The molecule has 0 bridgehead atoms. The molecule has 0 heterocycles. The highest BCUT2D eigenvalue weighted by molar-refractivity contribution is 5.85. The standard InChI is InChI=1S/C8H7FO.ClH/c1-6-7(5-10)3-2-4-8(6)9;/h2-5H,1H3;1H. The average molecular weight is 175 g/mol. The molecule has 11 heavy (non-hydrogen) atoms. The molecule has 0 aliphatic heterocycles. The van der Waals surface area contributed by atoms with Crippen molar-refractivity contribution in [3.63, 3.8) is 0 Å². The van der Waals surface area contributed by atoms with Crippen LogP contribution in [0.4, 0.5) is 4.39 Å². The summed E-state index contributed by atoms with van der Waals surface area (Å²) < 4.78 is 12.6. The van der Waals surface area contributed by atoms with Crippen LogP contribution in [0.15, 0.2) is 18.2 Å². The molecular weight excluding hydrogens is 167 g/mol. The van der Waals surface area contributed by atoms with Crippen LogP contribution in [0.25, 0.3) is 0 Å². The molecule has 1 aromatic rings. The van der Waals surface area contributed by atoms with Crippen molar-refractivity contribution in [3.05, 3.63) is 35.1 Å². The van der Waals surface area contributed by atoms with Crippen molar-refractivity contribution in [1.82, 2.24) is 0 Å². The molecule has 1 rings (SSSR count). The Kier molecular flexibility index (Phi) is 3.76. The van der Waals surface area contributed by atoms with Gasteiger partial charge in [-0.1, -0.05) is 12.1 Å². The van der Waals surface area contributed by atoms with Crippen LogP contribution >= 0.6 is 12.4 Å². The molecule has 1 aromatic carbocycles. The Morgan fingerprint density at radius 2 is 2.09 bits per heavy atom. The zero-order valence-electron chi connectivity index (χ0n) is 6.00. The van der Waals surface area contributed by atoms with Gasteiger partial charge >= 0.3 is 0 Å². The number of rotatable bonds is 1. The second kappa shape index (κ2) is 4.09. The van der Waals surface area contributed by atoms with E-state index in [1.54, 1.807) is 13.0 Å². The van der Waals surface area contributed by atoms with Crippen molar-refractivity contribution in [2.45, 2.75) is 6.92 Å². The van der Waals surface area contributed by atoms with Crippen molar-refractivity contribution in [3.8, 4) is 0 Å². The number of aldehydes is 1. The lowest BCUT2D eigenvalue weighted by Crippen LogP contribution is -1.88. The van der Waals surface area contributed by atoms with Gasteiger partial charge in [0.05, 0.1) is 0 Å². The third-order valence-corrected chi connectivity index (χ3v) is 1.44. The van der Waals surface area contributed by atoms with Crippen LogP contribution in [0.5, 0.6) is 0 Å². The van der Waals surface area contributed by atoms with Gasteiger partial charge < -0.3 is 0 Å². The highest BCUT2D eigenvalue weighted by atomic mass is 35.5. The molecule has 0 spiro atoms. The lowest BCUT2D eigenvalue weighted by molar-refractivity contribution is 0.112. The first-order chi connectivity index (χ1) is 4.75. The van der Waals surface area contributed by atoms with Crippen LogP contribution in [0, 0.1) is 12.7 Å². The molecule has 0 unspecified atom stereocenters. The van der Waals surface area contributed by atoms with Crippen molar-refractivity contribution in [2.24, 2.45) is 0 Å². The molecule has 0 N–H and O–H groups in total. The zero-order valence-corrected chi connectivity index (χ0v) is 6.82. The number of hydrogen-bond donors (Lipinski definition) is 0. The first-order valence-corrected chi connectivity index (χ1v) is 2.96. The third-order valence-electron chi connectivity index (χ3n) is 1.44. The highest BCUT2D eigenvalue weighted by Crippen LogP contribution is 2.08. The Hall–Kier alpha value is -0.890. The summed E-state index contributed by atoms with van der Waals surface area (Å²) in [5.41, 5.74) is 0.831. The van der Waals surface area contributed by atoms with Crippen LogP contribution in [-0.2, 0) is 0 Å². The maximum absolute atomic E-state index is 12.6. The molecule has 0 fully saturated rings. The molecule has 0 aromatic heterocycles. The van der Waals surface area contributed by atoms with E-state index in [1.807, 2.05) is 0 Å². The zero-order chi connectivity index (χ0) is 7.56. The molecule has 0 atom stereocenters. The number of halogens is 2. The molecular formula is C8H8ClFO. The van der Waals surface area contributed by atoms with E-state index in [9.17, 15) is 9.18 Å². The summed E-state index contributed by atoms with van der Waals surface area (Å²) in [4.78, 5) is 10.2.